The normalized spacial score (nSPS) is 20.6. The predicted molar refractivity (Wildman–Crippen MR) is 125 cm³/mol. The number of morpholine rings is 1. The summed E-state index contributed by atoms with van der Waals surface area (Å²) in [6.45, 7) is 2.34. The summed E-state index contributed by atoms with van der Waals surface area (Å²) in [5.74, 6) is 0.481. The van der Waals surface area contributed by atoms with Crippen LogP contribution in [0.2, 0.25) is 0 Å². The highest BCUT2D eigenvalue weighted by molar-refractivity contribution is 5.95. The number of rotatable bonds is 8. The number of amides is 1. The third-order valence-electron chi connectivity index (χ3n) is 6.42. The Bertz CT molecular complexity index is 978. The largest absolute Gasteiger partial charge is 0.495 e. The number of aromatic nitrogens is 2. The molecule has 34 heavy (non-hydrogen) atoms. The van der Waals surface area contributed by atoms with E-state index in [1.165, 1.54) is 19.2 Å². The lowest BCUT2D eigenvalue weighted by Gasteiger charge is -2.27. The summed E-state index contributed by atoms with van der Waals surface area (Å²) in [5.41, 5.74) is 0.274. The molecule has 1 aliphatic carbocycles. The maximum absolute atomic E-state index is 14.9. The first kappa shape index (κ1) is 24.2. The number of benzene rings is 1. The molecule has 1 aromatic heterocycles. The minimum absolute atomic E-state index is 0.0460. The standard InChI is InChI=1S/C24H32FN5O4/c1-26-17-5-3-16(4-6-17)15-34-22-7-8-27-24(29-22)28-20-14-19(25)18(13-21(20)32-2)23(31)30-9-11-33-12-10-30/h7-8,13-14,16-17,26H,3-6,9-12,15H2,1-2H3,(H,27,28,29)/t16-,17-. The molecule has 4 rings (SSSR count). The molecular weight excluding hydrogens is 441 g/mol. The minimum Gasteiger partial charge on any atom is -0.495 e. The third-order valence-corrected chi connectivity index (χ3v) is 6.42. The predicted octanol–water partition coefficient (Wildman–Crippen LogP) is 3.00. The summed E-state index contributed by atoms with van der Waals surface area (Å²) in [6, 6.07) is 4.92. The summed E-state index contributed by atoms with van der Waals surface area (Å²) in [7, 11) is 3.47. The number of carbonyl (C=O) groups is 1. The van der Waals surface area contributed by atoms with Crippen molar-refractivity contribution < 1.29 is 23.4 Å². The van der Waals surface area contributed by atoms with Crippen molar-refractivity contribution in [2.45, 2.75) is 31.7 Å². The molecule has 10 heteroatoms. The van der Waals surface area contributed by atoms with Gasteiger partial charge in [-0.2, -0.15) is 4.98 Å². The van der Waals surface area contributed by atoms with Gasteiger partial charge < -0.3 is 29.7 Å². The van der Waals surface area contributed by atoms with Gasteiger partial charge in [0.05, 0.1) is 38.2 Å². The number of methoxy groups -OCH3 is 1. The van der Waals surface area contributed by atoms with Crippen LogP contribution in [0, 0.1) is 11.7 Å². The van der Waals surface area contributed by atoms with E-state index in [9.17, 15) is 9.18 Å². The van der Waals surface area contributed by atoms with Crippen molar-refractivity contribution in [2.24, 2.45) is 5.92 Å². The molecule has 2 heterocycles. The zero-order chi connectivity index (χ0) is 23.9. The number of anilines is 2. The average Bonchev–Trinajstić information content (AvgIpc) is 2.88. The van der Waals surface area contributed by atoms with Crippen LogP contribution in [0.25, 0.3) is 0 Å². The van der Waals surface area contributed by atoms with Crippen molar-refractivity contribution in [2.75, 3.05) is 52.4 Å². The lowest BCUT2D eigenvalue weighted by atomic mass is 9.87. The Morgan fingerprint density at radius 3 is 2.71 bits per heavy atom. The van der Waals surface area contributed by atoms with E-state index in [0.717, 1.165) is 25.7 Å². The molecule has 1 aliphatic heterocycles. The number of carbonyl (C=O) groups excluding carboxylic acids is 1. The molecule has 1 amide bonds. The van der Waals surface area contributed by atoms with Gasteiger partial charge in [-0.3, -0.25) is 4.79 Å². The Morgan fingerprint density at radius 1 is 1.24 bits per heavy atom. The lowest BCUT2D eigenvalue weighted by molar-refractivity contribution is 0.0299. The van der Waals surface area contributed by atoms with E-state index in [1.54, 1.807) is 17.2 Å². The van der Waals surface area contributed by atoms with Crippen LogP contribution in [0.1, 0.15) is 36.0 Å². The second kappa shape index (κ2) is 11.4. The maximum Gasteiger partial charge on any atom is 0.257 e. The van der Waals surface area contributed by atoms with E-state index in [0.29, 0.717) is 62.2 Å². The molecule has 2 aromatic rings. The van der Waals surface area contributed by atoms with Crippen LogP contribution in [0.15, 0.2) is 24.4 Å². The summed E-state index contributed by atoms with van der Waals surface area (Å²) < 4.78 is 31.5. The molecule has 184 valence electrons. The van der Waals surface area contributed by atoms with E-state index in [4.69, 9.17) is 14.2 Å². The van der Waals surface area contributed by atoms with Gasteiger partial charge in [0.1, 0.15) is 11.6 Å². The molecule has 0 spiro atoms. The van der Waals surface area contributed by atoms with Crippen molar-refractivity contribution in [1.82, 2.24) is 20.2 Å². The molecule has 0 unspecified atom stereocenters. The first-order valence-electron chi connectivity index (χ1n) is 11.7. The third kappa shape index (κ3) is 5.92. The molecule has 2 aliphatic rings. The topological polar surface area (TPSA) is 97.8 Å². The van der Waals surface area contributed by atoms with Gasteiger partial charge in [-0.15, -0.1) is 0 Å². The highest BCUT2D eigenvalue weighted by atomic mass is 19.1. The quantitative estimate of drug-likeness (QED) is 0.604. The molecule has 0 radical (unpaired) electrons. The van der Waals surface area contributed by atoms with Gasteiger partial charge in [0.25, 0.3) is 5.91 Å². The Balaban J connectivity index is 1.42. The van der Waals surface area contributed by atoms with Gasteiger partial charge in [-0.1, -0.05) is 0 Å². The molecule has 1 aromatic carbocycles. The zero-order valence-electron chi connectivity index (χ0n) is 19.7. The molecule has 1 saturated carbocycles. The fourth-order valence-electron chi connectivity index (χ4n) is 4.34. The van der Waals surface area contributed by atoms with E-state index in [-0.39, 0.29) is 17.4 Å². The van der Waals surface area contributed by atoms with Gasteiger partial charge in [-0.05, 0) is 44.7 Å². The molecule has 0 bridgehead atoms. The van der Waals surface area contributed by atoms with E-state index in [1.807, 2.05) is 7.05 Å². The first-order valence-corrected chi connectivity index (χ1v) is 11.7. The number of halogens is 1. The first-order chi connectivity index (χ1) is 16.6. The molecule has 1 saturated heterocycles. The van der Waals surface area contributed by atoms with Gasteiger partial charge >= 0.3 is 0 Å². The summed E-state index contributed by atoms with van der Waals surface area (Å²) >= 11 is 0. The molecular formula is C24H32FN5O4. The number of nitrogens with one attached hydrogen (secondary N) is 2. The van der Waals surface area contributed by atoms with Crippen LogP contribution in [0.5, 0.6) is 11.6 Å². The molecule has 2 fully saturated rings. The smallest absolute Gasteiger partial charge is 0.257 e. The van der Waals surface area contributed by atoms with Crippen molar-refractivity contribution in [3.8, 4) is 11.6 Å². The number of ether oxygens (including phenoxy) is 3. The second-order valence-corrected chi connectivity index (χ2v) is 8.60. The van der Waals surface area contributed by atoms with Crippen LogP contribution in [-0.4, -0.2) is 73.9 Å². The van der Waals surface area contributed by atoms with E-state index >= 15 is 0 Å². The highest BCUT2D eigenvalue weighted by Crippen LogP contribution is 2.31. The summed E-state index contributed by atoms with van der Waals surface area (Å²) in [4.78, 5) is 22.9. The molecule has 0 atom stereocenters. The van der Waals surface area contributed by atoms with Crippen LogP contribution in [0.4, 0.5) is 16.0 Å². The zero-order valence-corrected chi connectivity index (χ0v) is 19.7. The van der Waals surface area contributed by atoms with Gasteiger partial charge in [0, 0.05) is 37.5 Å². The second-order valence-electron chi connectivity index (χ2n) is 8.60. The fourth-order valence-corrected chi connectivity index (χ4v) is 4.34. The fraction of sp³-hybridized carbons (Fsp3) is 0.542. The Labute approximate surface area is 199 Å². The Kier molecular flexibility index (Phi) is 8.12. The van der Waals surface area contributed by atoms with Crippen LogP contribution in [0.3, 0.4) is 0 Å². The number of nitrogens with zero attached hydrogens (tertiary/aromatic N) is 3. The average molecular weight is 474 g/mol. The van der Waals surface area contributed by atoms with Crippen molar-refractivity contribution in [1.29, 1.82) is 0 Å². The van der Waals surface area contributed by atoms with Gasteiger partial charge in [-0.25, -0.2) is 9.37 Å². The van der Waals surface area contributed by atoms with Gasteiger partial charge in [0.2, 0.25) is 11.8 Å². The number of hydrogen-bond donors (Lipinski definition) is 2. The summed E-state index contributed by atoms with van der Waals surface area (Å²) in [6.07, 6.45) is 6.12. The van der Waals surface area contributed by atoms with Crippen molar-refractivity contribution in [3.63, 3.8) is 0 Å². The summed E-state index contributed by atoms with van der Waals surface area (Å²) in [5, 5.41) is 6.32. The Morgan fingerprint density at radius 2 is 2.00 bits per heavy atom. The monoisotopic (exact) mass is 473 g/mol. The SMILES string of the molecule is CN[C@H]1CC[C@H](COc2ccnc(Nc3cc(F)c(C(=O)N4CCOCC4)cc3OC)n2)CC1. The highest BCUT2D eigenvalue weighted by Gasteiger charge is 2.24. The van der Waals surface area contributed by atoms with E-state index < -0.39 is 5.82 Å². The van der Waals surface area contributed by atoms with Crippen molar-refractivity contribution >= 4 is 17.5 Å². The molecule has 2 N–H and O–H groups in total. The van der Waals surface area contributed by atoms with Crippen LogP contribution < -0.4 is 20.1 Å². The van der Waals surface area contributed by atoms with E-state index in [2.05, 4.69) is 20.6 Å². The lowest BCUT2D eigenvalue weighted by Crippen LogP contribution is -2.41. The van der Waals surface area contributed by atoms with Crippen LogP contribution in [-0.2, 0) is 4.74 Å². The minimum atomic E-state index is -0.649. The maximum atomic E-state index is 14.9. The van der Waals surface area contributed by atoms with Crippen LogP contribution >= 0.6 is 0 Å². The van der Waals surface area contributed by atoms with Gasteiger partial charge in [0.15, 0.2) is 0 Å². The number of hydrogen-bond acceptors (Lipinski definition) is 8. The van der Waals surface area contributed by atoms with Crippen molar-refractivity contribution in [3.05, 3.63) is 35.8 Å². The molecule has 9 nitrogen and oxygen atoms in total. The Hall–Kier alpha value is -2.98.